The number of aromatic nitrogens is 1. The average molecular weight is 250 g/mol. The van der Waals surface area contributed by atoms with Crippen molar-refractivity contribution >= 4 is 17.8 Å². The Labute approximate surface area is 105 Å². The maximum Gasteiger partial charge on any atom is 0.178 e. The van der Waals surface area contributed by atoms with E-state index in [1.807, 2.05) is 42.2 Å². The summed E-state index contributed by atoms with van der Waals surface area (Å²) < 4.78 is 6.26. The predicted octanol–water partition coefficient (Wildman–Crippen LogP) is 2.00. The Hall–Kier alpha value is -1.46. The van der Waals surface area contributed by atoms with Crippen molar-refractivity contribution in [3.8, 4) is 0 Å². The highest BCUT2D eigenvalue weighted by molar-refractivity contribution is 7.95. The second-order valence-electron chi connectivity index (χ2n) is 3.88. The zero-order valence-corrected chi connectivity index (χ0v) is 10.6. The zero-order chi connectivity index (χ0) is 12.3. The van der Waals surface area contributed by atoms with Gasteiger partial charge < -0.3 is 4.72 Å². The maximum absolute atomic E-state index is 9.84. The summed E-state index contributed by atoms with van der Waals surface area (Å²) in [5.74, 6) is 0. The van der Waals surface area contributed by atoms with Crippen molar-refractivity contribution in [2.24, 2.45) is 7.05 Å². The number of rotatable bonds is 4. The number of nitrogens with one attached hydrogen (secondary N) is 1. The van der Waals surface area contributed by atoms with Crippen LogP contribution in [0.15, 0.2) is 42.9 Å². The van der Waals surface area contributed by atoms with Gasteiger partial charge in [0.1, 0.15) is 12.7 Å². The summed E-state index contributed by atoms with van der Waals surface area (Å²) in [4.78, 5) is 0. The van der Waals surface area contributed by atoms with Gasteiger partial charge in [0.2, 0.25) is 0 Å². The molecular formula is C12H16N3OS+. The minimum Gasteiger partial charge on any atom is -0.312 e. The van der Waals surface area contributed by atoms with Gasteiger partial charge in [0.05, 0.1) is 23.4 Å². The molecule has 0 amide bonds. The summed E-state index contributed by atoms with van der Waals surface area (Å²) in [6, 6.07) is 3.95. The van der Waals surface area contributed by atoms with Crippen molar-refractivity contribution in [2.45, 2.75) is 12.8 Å². The molecule has 0 spiro atoms. The summed E-state index contributed by atoms with van der Waals surface area (Å²) in [7, 11) is 1.96. The van der Waals surface area contributed by atoms with Crippen molar-refractivity contribution < 1.29 is 9.77 Å². The van der Waals surface area contributed by atoms with Gasteiger partial charge in [0.15, 0.2) is 12.4 Å². The molecule has 17 heavy (non-hydrogen) atoms. The van der Waals surface area contributed by atoms with E-state index in [1.54, 1.807) is 0 Å². The van der Waals surface area contributed by atoms with Crippen LogP contribution in [0.3, 0.4) is 0 Å². The molecule has 0 aliphatic carbocycles. The van der Waals surface area contributed by atoms with Gasteiger partial charge in [-0.1, -0.05) is 6.08 Å². The Bertz CT molecular complexity index is 459. The molecule has 0 unspecified atom stereocenters. The Morgan fingerprint density at radius 2 is 2.47 bits per heavy atom. The van der Waals surface area contributed by atoms with Crippen LogP contribution in [-0.4, -0.2) is 9.68 Å². The molecule has 2 rings (SSSR count). The van der Waals surface area contributed by atoms with Crippen molar-refractivity contribution in [1.82, 2.24) is 9.19 Å². The summed E-state index contributed by atoms with van der Waals surface area (Å²) in [6.45, 7) is 3.72. The van der Waals surface area contributed by atoms with Gasteiger partial charge in [-0.2, -0.15) is 4.47 Å². The van der Waals surface area contributed by atoms with Crippen LogP contribution in [0.25, 0.3) is 5.70 Å². The number of pyridine rings is 1. The topological polar surface area (TPSA) is 39.4 Å². The number of allylic oxidation sites excluding steroid dienone is 2. The van der Waals surface area contributed by atoms with Crippen LogP contribution in [0.1, 0.15) is 18.4 Å². The lowest BCUT2D eigenvalue weighted by atomic mass is 10.1. The SMILES string of the molecule is C=CCCC1=C(c2ccc[n+](C)c2)N(O)SN1. The average Bonchev–Trinajstić information content (AvgIpc) is 2.68. The molecule has 0 radical (unpaired) electrons. The molecule has 5 heteroatoms. The Balaban J connectivity index is 2.34. The first-order valence-electron chi connectivity index (χ1n) is 5.44. The quantitative estimate of drug-likeness (QED) is 0.487. The fourth-order valence-electron chi connectivity index (χ4n) is 1.74. The van der Waals surface area contributed by atoms with Crippen molar-refractivity contribution in [1.29, 1.82) is 0 Å². The molecule has 1 aromatic heterocycles. The molecule has 2 N–H and O–H groups in total. The van der Waals surface area contributed by atoms with E-state index in [-0.39, 0.29) is 0 Å². The highest BCUT2D eigenvalue weighted by Crippen LogP contribution is 2.33. The normalized spacial score (nSPS) is 15.1. The second kappa shape index (κ2) is 5.25. The molecule has 1 aromatic rings. The van der Waals surface area contributed by atoms with Crippen LogP contribution >= 0.6 is 12.1 Å². The summed E-state index contributed by atoms with van der Waals surface area (Å²) in [5.41, 5.74) is 2.85. The fourth-order valence-corrected chi connectivity index (χ4v) is 2.44. The molecular weight excluding hydrogens is 234 g/mol. The van der Waals surface area contributed by atoms with E-state index in [2.05, 4.69) is 11.3 Å². The number of hydroxylamine groups is 1. The van der Waals surface area contributed by atoms with Gasteiger partial charge >= 0.3 is 0 Å². The third-order valence-corrected chi connectivity index (χ3v) is 3.24. The molecule has 0 bridgehead atoms. The van der Waals surface area contributed by atoms with Crippen molar-refractivity contribution in [2.75, 3.05) is 0 Å². The van der Waals surface area contributed by atoms with Crippen LogP contribution in [0.2, 0.25) is 0 Å². The van der Waals surface area contributed by atoms with E-state index in [4.69, 9.17) is 0 Å². The molecule has 0 aromatic carbocycles. The fraction of sp³-hybridized carbons (Fsp3) is 0.250. The number of hydrogen-bond acceptors (Lipinski definition) is 4. The first-order valence-corrected chi connectivity index (χ1v) is 6.21. The lowest BCUT2D eigenvalue weighted by Crippen LogP contribution is -2.27. The van der Waals surface area contributed by atoms with E-state index >= 15 is 0 Å². The first-order chi connectivity index (χ1) is 8.22. The lowest BCUT2D eigenvalue weighted by Gasteiger charge is -2.09. The largest absolute Gasteiger partial charge is 0.312 e. The van der Waals surface area contributed by atoms with Gasteiger partial charge in [-0.25, -0.2) is 4.57 Å². The van der Waals surface area contributed by atoms with Gasteiger partial charge in [-0.3, -0.25) is 5.21 Å². The van der Waals surface area contributed by atoms with Gasteiger partial charge in [-0.05, 0) is 18.9 Å². The molecule has 0 fully saturated rings. The first kappa shape index (κ1) is 12.0. The molecule has 0 saturated carbocycles. The predicted molar refractivity (Wildman–Crippen MR) is 68.3 cm³/mol. The standard InChI is InChI=1S/C12H16N3OS/c1-3-4-7-11-12(15(16)17-13-11)10-6-5-8-14(2)9-10/h3,5-6,8-9,13,16H,1,4,7H2,2H3/q+1. The summed E-state index contributed by atoms with van der Waals surface area (Å²) in [6.07, 6.45) is 7.56. The van der Waals surface area contributed by atoms with Crippen LogP contribution < -0.4 is 9.29 Å². The van der Waals surface area contributed by atoms with Gasteiger partial charge in [0.25, 0.3) is 0 Å². The maximum atomic E-state index is 9.84. The van der Waals surface area contributed by atoms with Crippen LogP contribution in [-0.2, 0) is 7.05 Å². The number of hydrogen-bond donors (Lipinski definition) is 2. The zero-order valence-electron chi connectivity index (χ0n) is 9.76. The monoisotopic (exact) mass is 250 g/mol. The molecule has 1 aliphatic heterocycles. The Morgan fingerprint density at radius 1 is 1.65 bits per heavy atom. The smallest absolute Gasteiger partial charge is 0.178 e. The molecule has 2 heterocycles. The van der Waals surface area contributed by atoms with Gasteiger partial charge in [-0.15, -0.1) is 6.58 Å². The highest BCUT2D eigenvalue weighted by atomic mass is 32.2. The third kappa shape index (κ3) is 2.62. The second-order valence-corrected chi connectivity index (χ2v) is 4.61. The molecule has 0 atom stereocenters. The van der Waals surface area contributed by atoms with E-state index in [0.29, 0.717) is 0 Å². The molecule has 0 saturated heterocycles. The Kier molecular flexibility index (Phi) is 3.71. The van der Waals surface area contributed by atoms with Crippen LogP contribution in [0.4, 0.5) is 0 Å². The Morgan fingerprint density at radius 3 is 3.18 bits per heavy atom. The molecule has 4 nitrogen and oxygen atoms in total. The van der Waals surface area contributed by atoms with Crippen molar-refractivity contribution in [3.63, 3.8) is 0 Å². The van der Waals surface area contributed by atoms with E-state index in [0.717, 1.165) is 29.8 Å². The number of nitrogens with zero attached hydrogens (tertiary/aromatic N) is 2. The number of aryl methyl sites for hydroxylation is 1. The highest BCUT2D eigenvalue weighted by Gasteiger charge is 2.24. The molecule has 90 valence electrons. The van der Waals surface area contributed by atoms with E-state index in [1.165, 1.54) is 16.6 Å². The lowest BCUT2D eigenvalue weighted by molar-refractivity contribution is -0.671. The van der Waals surface area contributed by atoms with Crippen molar-refractivity contribution in [3.05, 3.63) is 48.4 Å². The minimum absolute atomic E-state index is 0.827. The minimum atomic E-state index is 0.827. The third-order valence-electron chi connectivity index (χ3n) is 2.54. The van der Waals surface area contributed by atoms with Gasteiger partial charge in [0, 0.05) is 6.07 Å². The summed E-state index contributed by atoms with van der Waals surface area (Å²) >= 11 is 1.19. The van der Waals surface area contributed by atoms with E-state index in [9.17, 15) is 5.21 Å². The molecule has 1 aliphatic rings. The van der Waals surface area contributed by atoms with Crippen LogP contribution in [0.5, 0.6) is 0 Å². The summed E-state index contributed by atoms with van der Waals surface area (Å²) in [5, 5.41) is 9.84. The van der Waals surface area contributed by atoms with Crippen LogP contribution in [0, 0.1) is 0 Å². The van der Waals surface area contributed by atoms with E-state index < -0.39 is 0 Å².